The van der Waals surface area contributed by atoms with Crippen molar-refractivity contribution in [3.8, 4) is 0 Å². The molecule has 0 aliphatic heterocycles. The van der Waals surface area contributed by atoms with Gasteiger partial charge in [-0.1, -0.05) is 48.5 Å². The molecular weight excluding hydrogens is 280 g/mol. The predicted octanol–water partition coefficient (Wildman–Crippen LogP) is 5.24. The Hall–Kier alpha value is -0.760. The van der Waals surface area contributed by atoms with Gasteiger partial charge in [-0.2, -0.15) is 0 Å². The van der Waals surface area contributed by atoms with E-state index in [0.29, 0.717) is 17.7 Å². The van der Waals surface area contributed by atoms with Gasteiger partial charge in [0.2, 0.25) is 0 Å². The van der Waals surface area contributed by atoms with E-state index in [9.17, 15) is 0 Å². The minimum absolute atomic E-state index is 0.0398. The van der Waals surface area contributed by atoms with Gasteiger partial charge in [0.1, 0.15) is 5.82 Å². The molecule has 0 atom stereocenters. The van der Waals surface area contributed by atoms with Crippen LogP contribution in [0.1, 0.15) is 59.7 Å². The third-order valence-electron chi connectivity index (χ3n) is 3.29. The van der Waals surface area contributed by atoms with Gasteiger partial charge >= 0.3 is 0 Å². The van der Waals surface area contributed by atoms with Gasteiger partial charge in [-0.3, -0.25) is 0 Å². The van der Waals surface area contributed by atoms with Crippen LogP contribution in [0.4, 0.5) is 5.82 Å². The molecule has 0 unspecified atom stereocenters. The highest BCUT2D eigenvalue weighted by Gasteiger charge is 2.20. The largest absolute Gasteiger partial charge is 0.356 e. The summed E-state index contributed by atoms with van der Waals surface area (Å²) in [4.78, 5) is 7.33. The molecule has 0 bridgehead atoms. The molecule has 2 nitrogen and oxygen atoms in total. The second-order valence-electron chi connectivity index (χ2n) is 7.80. The first-order chi connectivity index (χ1) is 9.63. The van der Waals surface area contributed by atoms with Crippen LogP contribution in [0.2, 0.25) is 0 Å². The number of halogens is 1. The SMILES string of the molecule is CC(C)CN(CC(C)C)c1cc(CCl)cc(C(C)(C)C)n1. The van der Waals surface area contributed by atoms with Gasteiger partial charge in [0.05, 0.1) is 0 Å². The van der Waals surface area contributed by atoms with Gasteiger partial charge in [0, 0.05) is 30.1 Å². The monoisotopic (exact) mass is 310 g/mol. The molecule has 3 heteroatoms. The maximum Gasteiger partial charge on any atom is 0.129 e. The third-order valence-corrected chi connectivity index (χ3v) is 3.60. The van der Waals surface area contributed by atoms with Crippen LogP contribution in [0.5, 0.6) is 0 Å². The van der Waals surface area contributed by atoms with E-state index in [4.69, 9.17) is 16.6 Å². The highest BCUT2D eigenvalue weighted by Crippen LogP contribution is 2.26. The second kappa shape index (κ2) is 7.49. The molecule has 21 heavy (non-hydrogen) atoms. The molecule has 0 N–H and O–H groups in total. The summed E-state index contributed by atoms with van der Waals surface area (Å²) in [5.41, 5.74) is 2.32. The van der Waals surface area contributed by atoms with Gasteiger partial charge < -0.3 is 4.90 Å². The molecule has 0 saturated heterocycles. The van der Waals surface area contributed by atoms with E-state index < -0.39 is 0 Å². The van der Waals surface area contributed by atoms with E-state index in [1.54, 1.807) is 0 Å². The van der Waals surface area contributed by atoms with Crippen LogP contribution in [0.15, 0.2) is 12.1 Å². The summed E-state index contributed by atoms with van der Waals surface area (Å²) in [6.07, 6.45) is 0. The van der Waals surface area contributed by atoms with Crippen LogP contribution in [0.3, 0.4) is 0 Å². The van der Waals surface area contributed by atoms with Crippen molar-refractivity contribution in [1.82, 2.24) is 4.98 Å². The summed E-state index contributed by atoms with van der Waals surface area (Å²) in [6.45, 7) is 17.7. The molecule has 120 valence electrons. The molecule has 0 fully saturated rings. The van der Waals surface area contributed by atoms with Gasteiger partial charge in [-0.05, 0) is 29.5 Å². The molecule has 0 amide bonds. The number of hydrogen-bond acceptors (Lipinski definition) is 2. The van der Waals surface area contributed by atoms with Crippen molar-refractivity contribution in [3.63, 3.8) is 0 Å². The Kier molecular flexibility index (Phi) is 6.52. The molecule has 0 radical (unpaired) electrons. The minimum atomic E-state index is 0.0398. The first kappa shape index (κ1) is 18.3. The predicted molar refractivity (Wildman–Crippen MR) is 94.4 cm³/mol. The molecule has 1 heterocycles. The zero-order valence-corrected chi connectivity index (χ0v) is 15.5. The van der Waals surface area contributed by atoms with E-state index in [0.717, 1.165) is 30.2 Å². The molecule has 0 aliphatic rings. The summed E-state index contributed by atoms with van der Waals surface area (Å²) in [5, 5.41) is 0. The van der Waals surface area contributed by atoms with Crippen LogP contribution in [-0.2, 0) is 11.3 Å². The lowest BCUT2D eigenvalue weighted by Crippen LogP contribution is -2.32. The number of nitrogens with zero attached hydrogens (tertiary/aromatic N) is 2. The van der Waals surface area contributed by atoms with E-state index in [-0.39, 0.29) is 5.41 Å². The maximum atomic E-state index is 6.09. The van der Waals surface area contributed by atoms with E-state index in [1.165, 1.54) is 0 Å². The quantitative estimate of drug-likeness (QED) is 0.668. The van der Waals surface area contributed by atoms with Crippen molar-refractivity contribution >= 4 is 17.4 Å². The zero-order valence-electron chi connectivity index (χ0n) is 14.7. The Morgan fingerprint density at radius 2 is 1.57 bits per heavy atom. The van der Waals surface area contributed by atoms with Gasteiger partial charge in [-0.25, -0.2) is 4.98 Å². The second-order valence-corrected chi connectivity index (χ2v) is 8.06. The van der Waals surface area contributed by atoms with Gasteiger partial charge in [0.15, 0.2) is 0 Å². The topological polar surface area (TPSA) is 16.1 Å². The van der Waals surface area contributed by atoms with Crippen molar-refractivity contribution in [1.29, 1.82) is 0 Å². The first-order valence-electron chi connectivity index (χ1n) is 7.95. The van der Waals surface area contributed by atoms with Crippen LogP contribution >= 0.6 is 11.6 Å². The fraction of sp³-hybridized carbons (Fsp3) is 0.722. The van der Waals surface area contributed by atoms with Crippen LogP contribution in [0.25, 0.3) is 0 Å². The standard InChI is InChI=1S/C18H31ClN2/c1-13(2)11-21(12-14(3)4)17-9-15(10-19)8-16(20-17)18(5,6)7/h8-9,13-14H,10-12H2,1-7H3. The van der Waals surface area contributed by atoms with Crippen LogP contribution in [-0.4, -0.2) is 18.1 Å². The average Bonchev–Trinajstić information content (AvgIpc) is 2.35. The summed E-state index contributed by atoms with van der Waals surface area (Å²) < 4.78 is 0. The lowest BCUT2D eigenvalue weighted by molar-refractivity contribution is 0.538. The average molecular weight is 311 g/mol. The fourth-order valence-corrected chi connectivity index (χ4v) is 2.49. The lowest BCUT2D eigenvalue weighted by atomic mass is 9.91. The smallest absolute Gasteiger partial charge is 0.129 e. The molecular formula is C18H31ClN2. The third kappa shape index (κ3) is 5.86. The van der Waals surface area contributed by atoms with Crippen molar-refractivity contribution in [2.75, 3.05) is 18.0 Å². The number of alkyl halides is 1. The Balaban J connectivity index is 3.22. The van der Waals surface area contributed by atoms with E-state index >= 15 is 0 Å². The Morgan fingerprint density at radius 3 is 1.95 bits per heavy atom. The van der Waals surface area contributed by atoms with Crippen LogP contribution < -0.4 is 4.90 Å². The van der Waals surface area contributed by atoms with Gasteiger partial charge in [0.25, 0.3) is 0 Å². The Labute approximate surface area is 135 Å². The molecule has 1 aromatic rings. The number of pyridine rings is 1. The van der Waals surface area contributed by atoms with Crippen molar-refractivity contribution in [3.05, 3.63) is 23.4 Å². The van der Waals surface area contributed by atoms with Crippen molar-refractivity contribution in [2.45, 2.75) is 59.8 Å². The first-order valence-corrected chi connectivity index (χ1v) is 8.49. The van der Waals surface area contributed by atoms with E-state index in [1.807, 2.05) is 0 Å². The molecule has 1 rings (SSSR count). The number of aromatic nitrogens is 1. The minimum Gasteiger partial charge on any atom is -0.356 e. The molecule has 0 aliphatic carbocycles. The van der Waals surface area contributed by atoms with Gasteiger partial charge in [-0.15, -0.1) is 11.6 Å². The summed E-state index contributed by atoms with van der Waals surface area (Å²) in [7, 11) is 0. The molecule has 0 aromatic carbocycles. The number of anilines is 1. The Bertz CT molecular complexity index is 437. The highest BCUT2D eigenvalue weighted by atomic mass is 35.5. The normalized spacial score (nSPS) is 12.3. The zero-order chi connectivity index (χ0) is 16.2. The number of hydrogen-bond donors (Lipinski definition) is 0. The fourth-order valence-electron chi connectivity index (χ4n) is 2.34. The lowest BCUT2D eigenvalue weighted by Gasteiger charge is -2.29. The van der Waals surface area contributed by atoms with Crippen LogP contribution in [0, 0.1) is 11.8 Å². The highest BCUT2D eigenvalue weighted by molar-refractivity contribution is 6.17. The number of rotatable bonds is 6. The van der Waals surface area contributed by atoms with Crippen molar-refractivity contribution in [2.24, 2.45) is 11.8 Å². The van der Waals surface area contributed by atoms with Crippen molar-refractivity contribution < 1.29 is 0 Å². The van der Waals surface area contributed by atoms with E-state index in [2.05, 4.69) is 65.5 Å². The Morgan fingerprint density at radius 1 is 1.05 bits per heavy atom. The maximum absolute atomic E-state index is 6.09. The summed E-state index contributed by atoms with van der Waals surface area (Å²) in [6, 6.07) is 4.28. The summed E-state index contributed by atoms with van der Waals surface area (Å²) >= 11 is 6.09. The molecule has 0 spiro atoms. The molecule has 1 aromatic heterocycles. The summed E-state index contributed by atoms with van der Waals surface area (Å²) in [5.74, 6) is 2.84. The molecule has 0 saturated carbocycles.